The van der Waals surface area contributed by atoms with Crippen LogP contribution in [-0.4, -0.2) is 11.8 Å². The molecule has 0 aliphatic heterocycles. The van der Waals surface area contributed by atoms with E-state index in [1.807, 2.05) is 42.5 Å². The van der Waals surface area contributed by atoms with E-state index in [1.54, 1.807) is 0 Å². The van der Waals surface area contributed by atoms with E-state index < -0.39 is 0 Å². The highest BCUT2D eigenvalue weighted by Gasteiger charge is 1.99. The van der Waals surface area contributed by atoms with Crippen molar-refractivity contribution >= 4 is 16.8 Å². The Morgan fingerprint density at radius 2 is 1.58 bits per heavy atom. The average molecular weight is 275 g/mol. The van der Waals surface area contributed by atoms with Crippen molar-refractivity contribution < 1.29 is 9.53 Å². The van der Waals surface area contributed by atoms with Crippen LogP contribution in [0, 0.1) is 0 Å². The summed E-state index contributed by atoms with van der Waals surface area (Å²) in [6.45, 7) is 0.503. The summed E-state index contributed by atoms with van der Waals surface area (Å²) in [6.07, 6.45) is 0.992. The van der Waals surface area contributed by atoms with Crippen LogP contribution in [-0.2, 0) is 4.79 Å². The second-order valence-corrected chi connectivity index (χ2v) is 4.62. The van der Waals surface area contributed by atoms with Crippen LogP contribution < -0.4 is 4.74 Å². The minimum absolute atomic E-state index is 0.317. The molecule has 3 heteroatoms. The molecule has 0 spiro atoms. The van der Waals surface area contributed by atoms with Crippen LogP contribution in [0.2, 0.25) is 0 Å². The molecule has 0 N–H and O–H groups in total. The largest absolute Gasteiger partial charge is 0.494 e. The van der Waals surface area contributed by atoms with Gasteiger partial charge in [-0.1, -0.05) is 42.5 Å². The predicted octanol–water partition coefficient (Wildman–Crippen LogP) is 4.28. The number of halogens is 1. The first kappa shape index (κ1) is 13.6. The van der Waals surface area contributed by atoms with E-state index in [-0.39, 0.29) is 5.24 Å². The molecular formula is C16H15ClO2. The lowest BCUT2D eigenvalue weighted by molar-refractivity contribution is -0.111. The van der Waals surface area contributed by atoms with Crippen molar-refractivity contribution in [2.75, 3.05) is 6.61 Å². The molecule has 2 nitrogen and oxygen atoms in total. The SMILES string of the molecule is O=C(Cl)CCCOc1ccc(-c2ccccc2)cc1. The molecule has 0 aromatic heterocycles. The minimum atomic E-state index is -0.317. The lowest BCUT2D eigenvalue weighted by Gasteiger charge is -2.06. The summed E-state index contributed by atoms with van der Waals surface area (Å²) in [6, 6.07) is 18.1. The molecule has 0 aliphatic carbocycles. The van der Waals surface area contributed by atoms with Crippen molar-refractivity contribution in [3.63, 3.8) is 0 Å². The third-order valence-electron chi connectivity index (χ3n) is 2.75. The summed E-state index contributed by atoms with van der Waals surface area (Å²) in [7, 11) is 0. The molecule has 2 aromatic rings. The summed E-state index contributed by atoms with van der Waals surface area (Å²) in [4.78, 5) is 10.6. The Labute approximate surface area is 118 Å². The monoisotopic (exact) mass is 274 g/mol. The quantitative estimate of drug-likeness (QED) is 0.581. The van der Waals surface area contributed by atoms with Gasteiger partial charge in [-0.2, -0.15) is 0 Å². The van der Waals surface area contributed by atoms with E-state index in [0.717, 1.165) is 11.3 Å². The first-order valence-corrected chi connectivity index (χ1v) is 6.60. The molecule has 0 heterocycles. The van der Waals surface area contributed by atoms with Gasteiger partial charge in [0.05, 0.1) is 6.61 Å². The van der Waals surface area contributed by atoms with Crippen LogP contribution in [0.15, 0.2) is 54.6 Å². The van der Waals surface area contributed by atoms with Gasteiger partial charge in [-0.3, -0.25) is 4.79 Å². The van der Waals surface area contributed by atoms with Crippen LogP contribution in [0.25, 0.3) is 11.1 Å². The fourth-order valence-corrected chi connectivity index (χ4v) is 1.91. The van der Waals surface area contributed by atoms with Gasteiger partial charge in [0.1, 0.15) is 5.75 Å². The zero-order valence-electron chi connectivity index (χ0n) is 10.5. The average Bonchev–Trinajstić information content (AvgIpc) is 2.45. The molecule has 0 atom stereocenters. The lowest BCUT2D eigenvalue weighted by atomic mass is 10.1. The standard InChI is InChI=1S/C16H15ClO2/c17-16(18)7-4-12-19-15-10-8-14(9-11-15)13-5-2-1-3-6-13/h1-3,5-6,8-11H,4,7,12H2. The number of ether oxygens (including phenoxy) is 1. The summed E-state index contributed by atoms with van der Waals surface area (Å²) in [5, 5.41) is -0.317. The molecule has 0 unspecified atom stereocenters. The van der Waals surface area contributed by atoms with Gasteiger partial charge >= 0.3 is 0 Å². The van der Waals surface area contributed by atoms with Gasteiger partial charge in [-0.25, -0.2) is 0 Å². The maximum atomic E-state index is 10.6. The van der Waals surface area contributed by atoms with Crippen LogP contribution in [0.1, 0.15) is 12.8 Å². The number of benzene rings is 2. The fraction of sp³-hybridized carbons (Fsp3) is 0.188. The highest BCUT2D eigenvalue weighted by molar-refractivity contribution is 6.63. The maximum Gasteiger partial charge on any atom is 0.221 e. The van der Waals surface area contributed by atoms with E-state index in [1.165, 1.54) is 5.56 Å². The van der Waals surface area contributed by atoms with E-state index in [0.29, 0.717) is 19.4 Å². The van der Waals surface area contributed by atoms with Crippen LogP contribution in [0.4, 0.5) is 0 Å². The van der Waals surface area contributed by atoms with Crippen LogP contribution in [0.5, 0.6) is 5.75 Å². The third kappa shape index (κ3) is 4.42. The molecule has 0 saturated carbocycles. The number of hydrogen-bond donors (Lipinski definition) is 0. The van der Waals surface area contributed by atoms with E-state index in [4.69, 9.17) is 16.3 Å². The molecule has 0 saturated heterocycles. The number of rotatable bonds is 6. The normalized spacial score (nSPS) is 10.2. The Balaban J connectivity index is 1.90. The fourth-order valence-electron chi connectivity index (χ4n) is 1.78. The van der Waals surface area contributed by atoms with Crippen molar-refractivity contribution in [1.29, 1.82) is 0 Å². The molecule has 0 bridgehead atoms. The first-order chi connectivity index (χ1) is 9.25. The number of carbonyl (C=O) groups is 1. The molecule has 0 aliphatic rings. The van der Waals surface area contributed by atoms with Gasteiger partial charge in [-0.05, 0) is 41.3 Å². The molecule has 0 amide bonds. The summed E-state index contributed by atoms with van der Waals surface area (Å²) in [5.74, 6) is 0.807. The van der Waals surface area contributed by atoms with Crippen molar-refractivity contribution in [3.05, 3.63) is 54.6 Å². The van der Waals surface area contributed by atoms with Gasteiger partial charge < -0.3 is 4.74 Å². The van der Waals surface area contributed by atoms with E-state index in [9.17, 15) is 4.79 Å². The Hall–Kier alpha value is -1.80. The molecule has 2 aromatic carbocycles. The molecule has 0 radical (unpaired) electrons. The topological polar surface area (TPSA) is 26.3 Å². The number of hydrogen-bond acceptors (Lipinski definition) is 2. The maximum absolute atomic E-state index is 10.6. The van der Waals surface area contributed by atoms with Gasteiger partial charge in [0.2, 0.25) is 5.24 Å². The zero-order valence-corrected chi connectivity index (χ0v) is 11.3. The third-order valence-corrected chi connectivity index (χ3v) is 2.94. The van der Waals surface area contributed by atoms with E-state index in [2.05, 4.69) is 12.1 Å². The van der Waals surface area contributed by atoms with Crippen LogP contribution >= 0.6 is 11.6 Å². The highest BCUT2D eigenvalue weighted by Crippen LogP contribution is 2.22. The predicted molar refractivity (Wildman–Crippen MR) is 77.5 cm³/mol. The van der Waals surface area contributed by atoms with Gasteiger partial charge in [0.15, 0.2) is 0 Å². The zero-order chi connectivity index (χ0) is 13.5. The first-order valence-electron chi connectivity index (χ1n) is 6.22. The Kier molecular flexibility index (Phi) is 4.99. The smallest absolute Gasteiger partial charge is 0.221 e. The summed E-state index contributed by atoms with van der Waals surface area (Å²) in [5.41, 5.74) is 2.34. The highest BCUT2D eigenvalue weighted by atomic mass is 35.5. The van der Waals surface area contributed by atoms with Gasteiger partial charge in [0, 0.05) is 6.42 Å². The summed E-state index contributed by atoms with van der Waals surface area (Å²) >= 11 is 5.25. The number of carbonyl (C=O) groups excluding carboxylic acids is 1. The molecule has 98 valence electrons. The molecule has 19 heavy (non-hydrogen) atoms. The van der Waals surface area contributed by atoms with E-state index >= 15 is 0 Å². The molecule has 0 fully saturated rings. The summed E-state index contributed by atoms with van der Waals surface area (Å²) < 4.78 is 5.54. The Morgan fingerprint density at radius 3 is 2.21 bits per heavy atom. The minimum Gasteiger partial charge on any atom is -0.494 e. The van der Waals surface area contributed by atoms with Gasteiger partial charge in [-0.15, -0.1) is 0 Å². The Bertz CT molecular complexity index is 520. The molecule has 2 rings (SSSR count). The van der Waals surface area contributed by atoms with Crippen molar-refractivity contribution in [1.82, 2.24) is 0 Å². The second kappa shape index (κ2) is 6.95. The Morgan fingerprint density at radius 1 is 0.947 bits per heavy atom. The van der Waals surface area contributed by atoms with Crippen molar-refractivity contribution in [2.24, 2.45) is 0 Å². The van der Waals surface area contributed by atoms with Gasteiger partial charge in [0.25, 0.3) is 0 Å². The van der Waals surface area contributed by atoms with Crippen LogP contribution in [0.3, 0.4) is 0 Å². The van der Waals surface area contributed by atoms with Crippen molar-refractivity contribution in [2.45, 2.75) is 12.8 Å². The second-order valence-electron chi connectivity index (χ2n) is 4.20. The van der Waals surface area contributed by atoms with Crippen molar-refractivity contribution in [3.8, 4) is 16.9 Å². The lowest BCUT2D eigenvalue weighted by Crippen LogP contribution is -1.99. The molecular weight excluding hydrogens is 260 g/mol.